The second-order valence-corrected chi connectivity index (χ2v) is 6.18. The summed E-state index contributed by atoms with van der Waals surface area (Å²) < 4.78 is 5.81. The maximum absolute atomic E-state index is 11.6. The van der Waals surface area contributed by atoms with Crippen LogP contribution in [-0.2, 0) is 6.42 Å². The Balaban J connectivity index is 2.21. The first kappa shape index (κ1) is 19.1. The normalized spacial score (nSPS) is 17.2. The van der Waals surface area contributed by atoms with Gasteiger partial charge in [-0.15, -0.1) is 0 Å². The van der Waals surface area contributed by atoms with Crippen LogP contribution in [0.5, 0.6) is 11.5 Å². The summed E-state index contributed by atoms with van der Waals surface area (Å²) in [5.74, 6) is -1.21. The third kappa shape index (κ3) is 4.86. The lowest BCUT2D eigenvalue weighted by molar-refractivity contribution is 0.0678. The average molecular weight is 350 g/mol. The van der Waals surface area contributed by atoms with E-state index in [4.69, 9.17) is 20.2 Å². The molecule has 1 heterocycles. The molecule has 0 bridgehead atoms. The molecular weight excluding hydrogens is 327 g/mol. The summed E-state index contributed by atoms with van der Waals surface area (Å²) >= 11 is 0. The van der Waals surface area contributed by atoms with Gasteiger partial charge < -0.3 is 29.9 Å². The Bertz CT molecular complexity index is 652. The molecule has 136 valence electrons. The van der Waals surface area contributed by atoms with Crippen molar-refractivity contribution in [3.8, 4) is 11.5 Å². The minimum Gasteiger partial charge on any atom is -0.507 e. The second-order valence-electron chi connectivity index (χ2n) is 6.18. The molecule has 1 aromatic carbocycles. The van der Waals surface area contributed by atoms with Gasteiger partial charge >= 0.3 is 13.1 Å². The molecule has 0 unspecified atom stereocenters. The molecule has 0 spiro atoms. The Morgan fingerprint density at radius 2 is 2.16 bits per heavy atom. The third-order valence-corrected chi connectivity index (χ3v) is 4.26. The van der Waals surface area contributed by atoms with Gasteiger partial charge in [0.2, 0.25) is 0 Å². The summed E-state index contributed by atoms with van der Waals surface area (Å²) in [4.78, 5) is 13.4. The number of likely N-dealkylation sites (tertiary alicyclic amines) is 1. The standard InChI is InChI=1S/C16H23BN2O6/c1-10(18)19-8-2-3-12(9-19)25-13-5-4-11(6-7-17(23)24)15(20)14(13)16(21)22/h4-5,12,18,20,23-24H,2-3,6-9H2,1H3,(H,21,22)/t12-/m0/s1. The second kappa shape index (κ2) is 8.22. The van der Waals surface area contributed by atoms with Crippen LogP contribution in [0.4, 0.5) is 0 Å². The maximum Gasteiger partial charge on any atom is 0.451 e. The van der Waals surface area contributed by atoms with Crippen LogP contribution in [0, 0.1) is 5.41 Å². The number of aryl methyl sites for hydroxylation is 1. The number of benzene rings is 1. The number of carboxylic acid groups (broad SMARTS) is 1. The lowest BCUT2D eigenvalue weighted by Crippen LogP contribution is -2.43. The van der Waals surface area contributed by atoms with Gasteiger partial charge in [0, 0.05) is 6.54 Å². The van der Waals surface area contributed by atoms with E-state index in [-0.39, 0.29) is 30.2 Å². The highest BCUT2D eigenvalue weighted by Gasteiger charge is 2.26. The Kier molecular flexibility index (Phi) is 6.27. The number of piperidine rings is 1. The van der Waals surface area contributed by atoms with Crippen LogP contribution in [0.1, 0.15) is 35.7 Å². The lowest BCUT2D eigenvalue weighted by Gasteiger charge is -2.33. The number of aromatic hydroxyl groups is 1. The summed E-state index contributed by atoms with van der Waals surface area (Å²) in [7, 11) is -1.53. The number of aromatic carboxylic acids is 1. The largest absolute Gasteiger partial charge is 0.507 e. The third-order valence-electron chi connectivity index (χ3n) is 4.26. The number of ether oxygens (including phenoxy) is 1. The summed E-state index contributed by atoms with van der Waals surface area (Å²) in [6.07, 6.45) is 1.43. The highest BCUT2D eigenvalue weighted by atomic mass is 16.5. The van der Waals surface area contributed by atoms with E-state index < -0.39 is 18.8 Å². The number of nitrogens with one attached hydrogen (secondary N) is 1. The minimum atomic E-state index is -1.53. The number of hydrogen-bond acceptors (Lipinski definition) is 6. The van der Waals surface area contributed by atoms with Gasteiger partial charge in [0.05, 0.1) is 12.4 Å². The van der Waals surface area contributed by atoms with E-state index in [1.165, 1.54) is 12.1 Å². The van der Waals surface area contributed by atoms with Crippen LogP contribution in [0.3, 0.4) is 0 Å². The van der Waals surface area contributed by atoms with Crippen molar-refractivity contribution >= 4 is 18.9 Å². The summed E-state index contributed by atoms with van der Waals surface area (Å²) in [5, 5.41) is 45.3. The van der Waals surface area contributed by atoms with Gasteiger partial charge in [-0.25, -0.2) is 4.79 Å². The van der Waals surface area contributed by atoms with Gasteiger partial charge in [-0.3, -0.25) is 5.41 Å². The van der Waals surface area contributed by atoms with Crippen LogP contribution >= 0.6 is 0 Å². The van der Waals surface area contributed by atoms with Crippen LogP contribution in [-0.4, -0.2) is 63.3 Å². The molecule has 5 N–H and O–H groups in total. The van der Waals surface area contributed by atoms with Gasteiger partial charge in [0.15, 0.2) is 0 Å². The number of amidine groups is 1. The summed E-state index contributed by atoms with van der Waals surface area (Å²) in [5.41, 5.74) is -0.00733. The highest BCUT2D eigenvalue weighted by Crippen LogP contribution is 2.33. The van der Waals surface area contributed by atoms with Crippen LogP contribution in [0.15, 0.2) is 12.1 Å². The van der Waals surface area contributed by atoms with E-state index in [0.717, 1.165) is 19.4 Å². The fourth-order valence-corrected chi connectivity index (χ4v) is 2.93. The molecular formula is C16H23BN2O6. The van der Waals surface area contributed by atoms with Crippen molar-refractivity contribution in [2.45, 2.75) is 38.6 Å². The Morgan fingerprint density at radius 3 is 2.76 bits per heavy atom. The van der Waals surface area contributed by atoms with Crippen molar-refractivity contribution in [1.29, 1.82) is 5.41 Å². The number of hydrogen-bond donors (Lipinski definition) is 5. The van der Waals surface area contributed by atoms with E-state index in [2.05, 4.69) is 0 Å². The van der Waals surface area contributed by atoms with Crippen molar-refractivity contribution in [2.75, 3.05) is 13.1 Å². The van der Waals surface area contributed by atoms with Gasteiger partial charge in [0.25, 0.3) is 0 Å². The molecule has 0 radical (unpaired) electrons. The molecule has 0 aromatic heterocycles. The molecule has 9 heteroatoms. The SMILES string of the molecule is CC(=N)N1CCC[C@H](Oc2ccc(CCB(O)O)c(O)c2C(=O)O)C1. The number of carbonyl (C=O) groups is 1. The Hall–Kier alpha value is -2.26. The highest BCUT2D eigenvalue weighted by molar-refractivity contribution is 6.41. The zero-order chi connectivity index (χ0) is 18.6. The zero-order valence-corrected chi connectivity index (χ0v) is 14.1. The molecule has 8 nitrogen and oxygen atoms in total. The first-order valence-corrected chi connectivity index (χ1v) is 8.20. The van der Waals surface area contributed by atoms with Crippen LogP contribution < -0.4 is 4.74 Å². The fourth-order valence-electron chi connectivity index (χ4n) is 2.93. The summed E-state index contributed by atoms with van der Waals surface area (Å²) in [6.45, 7) is 2.96. The van der Waals surface area contributed by atoms with Crippen LogP contribution in [0.25, 0.3) is 0 Å². The average Bonchev–Trinajstić information content (AvgIpc) is 2.53. The maximum atomic E-state index is 11.6. The Labute approximate surface area is 146 Å². The minimum absolute atomic E-state index is 0.0109. The molecule has 0 aliphatic carbocycles. The first-order chi connectivity index (χ1) is 11.8. The zero-order valence-electron chi connectivity index (χ0n) is 14.1. The van der Waals surface area contributed by atoms with Gasteiger partial charge in [-0.05, 0) is 44.1 Å². The van der Waals surface area contributed by atoms with Crippen molar-refractivity contribution in [3.05, 3.63) is 23.3 Å². The topological polar surface area (TPSA) is 134 Å². The molecule has 0 amide bonds. The number of carboxylic acids is 1. The van der Waals surface area contributed by atoms with E-state index in [9.17, 15) is 15.0 Å². The Morgan fingerprint density at radius 1 is 1.44 bits per heavy atom. The van der Waals surface area contributed by atoms with Crippen molar-refractivity contribution in [3.63, 3.8) is 0 Å². The quantitative estimate of drug-likeness (QED) is 0.293. The fraction of sp³-hybridized carbons (Fsp3) is 0.500. The molecule has 2 rings (SSSR count). The lowest BCUT2D eigenvalue weighted by atomic mass is 9.82. The molecule has 1 saturated heterocycles. The van der Waals surface area contributed by atoms with Gasteiger partial charge in [0.1, 0.15) is 23.2 Å². The van der Waals surface area contributed by atoms with Crippen LogP contribution in [0.2, 0.25) is 6.32 Å². The monoisotopic (exact) mass is 350 g/mol. The van der Waals surface area contributed by atoms with Crippen molar-refractivity contribution < 1.29 is 29.8 Å². The number of rotatable bonds is 6. The first-order valence-electron chi connectivity index (χ1n) is 8.20. The smallest absolute Gasteiger partial charge is 0.451 e. The number of nitrogens with zero attached hydrogens (tertiary/aromatic N) is 1. The predicted octanol–water partition coefficient (Wildman–Crippen LogP) is 0.946. The molecule has 1 aliphatic rings. The molecule has 25 heavy (non-hydrogen) atoms. The summed E-state index contributed by atoms with van der Waals surface area (Å²) in [6, 6.07) is 3.01. The van der Waals surface area contributed by atoms with Gasteiger partial charge in [-0.1, -0.05) is 6.07 Å². The molecule has 0 saturated carbocycles. The molecule has 1 atom stereocenters. The van der Waals surface area contributed by atoms with E-state index in [0.29, 0.717) is 17.9 Å². The molecule has 1 fully saturated rings. The van der Waals surface area contributed by atoms with Crippen molar-refractivity contribution in [2.24, 2.45) is 0 Å². The molecule has 1 aliphatic heterocycles. The predicted molar refractivity (Wildman–Crippen MR) is 92.4 cm³/mol. The van der Waals surface area contributed by atoms with Crippen molar-refractivity contribution in [1.82, 2.24) is 4.90 Å². The van der Waals surface area contributed by atoms with E-state index >= 15 is 0 Å². The van der Waals surface area contributed by atoms with E-state index in [1.54, 1.807) is 6.92 Å². The molecule has 1 aromatic rings. The van der Waals surface area contributed by atoms with Gasteiger partial charge in [-0.2, -0.15) is 0 Å². The number of phenols is 1. The van der Waals surface area contributed by atoms with E-state index in [1.807, 2.05) is 4.90 Å².